The highest BCUT2D eigenvalue weighted by atomic mass is 14.6. The van der Waals surface area contributed by atoms with Gasteiger partial charge in [-0.2, -0.15) is 0 Å². The molecule has 0 atom stereocenters. The Morgan fingerprint density at radius 2 is 1.71 bits per heavy atom. The quantitative estimate of drug-likeness (QED) is 0.762. The predicted molar refractivity (Wildman–Crippen MR) is 72.8 cm³/mol. The van der Waals surface area contributed by atoms with E-state index < -0.39 is 0 Å². The van der Waals surface area contributed by atoms with Crippen LogP contribution in [-0.4, -0.2) is 4.98 Å². The number of hydrogen-bond donors (Lipinski definition) is 0. The Bertz CT molecular complexity index is 469. The van der Waals surface area contributed by atoms with Gasteiger partial charge in [0.2, 0.25) is 0 Å². The zero-order valence-electron chi connectivity index (χ0n) is 10.1. The van der Waals surface area contributed by atoms with E-state index in [4.69, 9.17) is 0 Å². The predicted octanol–water partition coefficient (Wildman–Crippen LogP) is 4.04. The Kier molecular flexibility index (Phi) is 4.09. The minimum Gasteiger partial charge on any atom is -0.265 e. The van der Waals surface area contributed by atoms with Crippen molar-refractivity contribution < 1.29 is 0 Å². The second-order valence-corrected chi connectivity index (χ2v) is 4.21. The normalized spacial score (nSPS) is 10.9. The Morgan fingerprint density at radius 1 is 1.00 bits per heavy atom. The van der Waals surface area contributed by atoms with Crippen LogP contribution in [-0.2, 0) is 6.42 Å². The molecule has 2 rings (SSSR count). The van der Waals surface area contributed by atoms with Gasteiger partial charge in [-0.1, -0.05) is 42.0 Å². The van der Waals surface area contributed by atoms with Gasteiger partial charge in [-0.15, -0.1) is 0 Å². The maximum absolute atomic E-state index is 4.00. The largest absolute Gasteiger partial charge is 0.265 e. The van der Waals surface area contributed by atoms with Gasteiger partial charge >= 0.3 is 0 Å². The third-order valence-corrected chi connectivity index (χ3v) is 2.74. The third-order valence-electron chi connectivity index (χ3n) is 2.74. The van der Waals surface area contributed by atoms with Crippen molar-refractivity contribution in [2.75, 3.05) is 0 Å². The fourth-order valence-electron chi connectivity index (χ4n) is 1.70. The molecule has 1 heterocycles. The van der Waals surface area contributed by atoms with Crippen molar-refractivity contribution in [1.29, 1.82) is 0 Å². The highest BCUT2D eigenvalue weighted by Gasteiger charge is 1.90. The summed E-state index contributed by atoms with van der Waals surface area (Å²) in [4.78, 5) is 4.00. The molecule has 17 heavy (non-hydrogen) atoms. The molecule has 0 amide bonds. The smallest absolute Gasteiger partial charge is 0.0273 e. The molecule has 1 heteroatoms. The summed E-state index contributed by atoms with van der Waals surface area (Å²) in [5.41, 5.74) is 3.93. The molecule has 0 radical (unpaired) electrons. The number of aromatic nitrogens is 1. The lowest BCUT2D eigenvalue weighted by molar-refractivity contribution is 1.00. The van der Waals surface area contributed by atoms with Gasteiger partial charge in [0.25, 0.3) is 0 Å². The number of allylic oxidation sites excluding steroid dienone is 1. The van der Waals surface area contributed by atoms with Crippen LogP contribution < -0.4 is 0 Å². The minimum absolute atomic E-state index is 1.07. The van der Waals surface area contributed by atoms with Gasteiger partial charge in [0.1, 0.15) is 0 Å². The molecule has 1 nitrogen and oxygen atoms in total. The van der Waals surface area contributed by atoms with Crippen LogP contribution in [0.4, 0.5) is 0 Å². The number of nitrogens with zero attached hydrogens (tertiary/aromatic N) is 1. The number of hydrogen-bond acceptors (Lipinski definition) is 1. The van der Waals surface area contributed by atoms with Crippen molar-refractivity contribution in [3.63, 3.8) is 0 Å². The van der Waals surface area contributed by atoms with Crippen LogP contribution in [0.3, 0.4) is 0 Å². The fourth-order valence-corrected chi connectivity index (χ4v) is 1.70. The topological polar surface area (TPSA) is 12.9 Å². The average molecular weight is 223 g/mol. The Labute approximate surface area is 103 Å². The van der Waals surface area contributed by atoms with Gasteiger partial charge < -0.3 is 0 Å². The number of pyridine rings is 1. The number of aryl methyl sites for hydroxylation is 2. The van der Waals surface area contributed by atoms with Gasteiger partial charge in [0.05, 0.1) is 0 Å². The second kappa shape index (κ2) is 6.00. The lowest BCUT2D eigenvalue weighted by Crippen LogP contribution is -1.83. The summed E-state index contributed by atoms with van der Waals surface area (Å²) >= 11 is 0. The molecule has 0 fully saturated rings. The highest BCUT2D eigenvalue weighted by Crippen LogP contribution is 2.07. The molecule has 0 spiro atoms. The lowest BCUT2D eigenvalue weighted by atomic mass is 10.1. The van der Waals surface area contributed by atoms with E-state index in [9.17, 15) is 0 Å². The second-order valence-electron chi connectivity index (χ2n) is 4.21. The van der Waals surface area contributed by atoms with E-state index in [1.165, 1.54) is 16.7 Å². The van der Waals surface area contributed by atoms with Crippen molar-refractivity contribution in [2.45, 2.75) is 19.8 Å². The van der Waals surface area contributed by atoms with Crippen molar-refractivity contribution >= 4 is 6.08 Å². The first-order chi connectivity index (χ1) is 8.34. The van der Waals surface area contributed by atoms with Gasteiger partial charge in [-0.05, 0) is 43.0 Å². The van der Waals surface area contributed by atoms with E-state index >= 15 is 0 Å². The molecule has 0 N–H and O–H groups in total. The molecular formula is C16H17N. The summed E-state index contributed by atoms with van der Waals surface area (Å²) in [7, 11) is 0. The monoisotopic (exact) mass is 223 g/mol. The molecule has 0 aliphatic heterocycles. The summed E-state index contributed by atoms with van der Waals surface area (Å²) in [5, 5.41) is 0. The molecule has 2 aromatic rings. The van der Waals surface area contributed by atoms with Crippen molar-refractivity contribution in [2.24, 2.45) is 0 Å². The molecule has 1 aromatic heterocycles. The minimum atomic E-state index is 1.07. The van der Waals surface area contributed by atoms with Crippen LogP contribution in [0.1, 0.15) is 23.1 Å². The van der Waals surface area contributed by atoms with Crippen LogP contribution >= 0.6 is 0 Å². The summed E-state index contributed by atoms with van der Waals surface area (Å²) in [5.74, 6) is 0. The molecule has 0 aliphatic rings. The van der Waals surface area contributed by atoms with Gasteiger partial charge in [-0.3, -0.25) is 4.98 Å². The first-order valence-electron chi connectivity index (χ1n) is 5.97. The molecular weight excluding hydrogens is 206 g/mol. The van der Waals surface area contributed by atoms with Gasteiger partial charge in [0, 0.05) is 12.4 Å². The zero-order valence-corrected chi connectivity index (χ0v) is 10.1. The molecule has 0 aliphatic carbocycles. The lowest BCUT2D eigenvalue weighted by Gasteiger charge is -1.98. The summed E-state index contributed by atoms with van der Waals surface area (Å²) in [6, 6.07) is 12.8. The summed E-state index contributed by atoms with van der Waals surface area (Å²) in [6.07, 6.45) is 10.2. The Hall–Kier alpha value is -1.89. The van der Waals surface area contributed by atoms with E-state index in [0.717, 1.165) is 12.8 Å². The maximum atomic E-state index is 4.00. The van der Waals surface area contributed by atoms with E-state index in [1.807, 2.05) is 24.5 Å². The van der Waals surface area contributed by atoms with Crippen molar-refractivity contribution in [3.05, 3.63) is 71.6 Å². The van der Waals surface area contributed by atoms with Crippen molar-refractivity contribution in [3.8, 4) is 0 Å². The van der Waals surface area contributed by atoms with E-state index in [1.54, 1.807) is 0 Å². The molecule has 0 saturated heterocycles. The molecule has 0 bridgehead atoms. The maximum Gasteiger partial charge on any atom is 0.0273 e. The zero-order chi connectivity index (χ0) is 11.9. The number of benzene rings is 1. The van der Waals surface area contributed by atoms with Gasteiger partial charge in [0.15, 0.2) is 0 Å². The molecule has 86 valence electrons. The fraction of sp³-hybridized carbons (Fsp3) is 0.188. The first kappa shape index (κ1) is 11.6. The standard InChI is InChI=1S/C16H17N/c1-14-6-8-15(9-7-14)4-2-3-5-16-10-12-17-13-11-16/h3,5-13H,2,4H2,1H3. The van der Waals surface area contributed by atoms with Crippen LogP contribution in [0.15, 0.2) is 54.9 Å². The Balaban J connectivity index is 1.84. The molecule has 0 unspecified atom stereocenters. The SMILES string of the molecule is Cc1ccc(CCC=Cc2ccncc2)cc1. The summed E-state index contributed by atoms with van der Waals surface area (Å²) < 4.78 is 0. The Morgan fingerprint density at radius 3 is 2.41 bits per heavy atom. The van der Waals surface area contributed by atoms with Gasteiger partial charge in [-0.25, -0.2) is 0 Å². The molecule has 1 aromatic carbocycles. The van der Waals surface area contributed by atoms with Crippen LogP contribution in [0, 0.1) is 6.92 Å². The first-order valence-corrected chi connectivity index (χ1v) is 5.97. The van der Waals surface area contributed by atoms with E-state index in [2.05, 4.69) is 48.3 Å². The number of rotatable bonds is 4. The van der Waals surface area contributed by atoms with Crippen molar-refractivity contribution in [1.82, 2.24) is 4.98 Å². The van der Waals surface area contributed by atoms with Crippen LogP contribution in [0.2, 0.25) is 0 Å². The van der Waals surface area contributed by atoms with E-state index in [-0.39, 0.29) is 0 Å². The van der Waals surface area contributed by atoms with E-state index in [0.29, 0.717) is 0 Å². The summed E-state index contributed by atoms with van der Waals surface area (Å²) in [6.45, 7) is 2.12. The average Bonchev–Trinajstić information content (AvgIpc) is 2.38. The van der Waals surface area contributed by atoms with Crippen LogP contribution in [0.25, 0.3) is 6.08 Å². The highest BCUT2D eigenvalue weighted by molar-refractivity contribution is 5.47. The molecule has 0 saturated carbocycles. The van der Waals surface area contributed by atoms with Crippen LogP contribution in [0.5, 0.6) is 0 Å². The third kappa shape index (κ3) is 3.87.